The largest absolute Gasteiger partial charge is 0.391 e. The third-order valence-electron chi connectivity index (χ3n) is 2.78. The van der Waals surface area contributed by atoms with E-state index < -0.39 is 0 Å². The van der Waals surface area contributed by atoms with E-state index in [2.05, 4.69) is 34.4 Å². The Balaban J connectivity index is 2.78. The summed E-state index contributed by atoms with van der Waals surface area (Å²) in [5, 5.41) is 15.9. The monoisotopic (exact) mass is 252 g/mol. The summed E-state index contributed by atoms with van der Waals surface area (Å²) in [4.78, 5) is 8.83. The van der Waals surface area contributed by atoms with Gasteiger partial charge in [0.05, 0.1) is 6.10 Å². The minimum absolute atomic E-state index is 0.229. The summed E-state index contributed by atoms with van der Waals surface area (Å²) in [5.74, 6) is 2.83. The molecule has 0 aliphatic heterocycles. The zero-order chi connectivity index (χ0) is 13.7. The quantitative estimate of drug-likeness (QED) is 0.723. The van der Waals surface area contributed by atoms with Crippen molar-refractivity contribution < 1.29 is 5.11 Å². The Morgan fingerprint density at radius 1 is 1.17 bits per heavy atom. The second kappa shape index (κ2) is 6.54. The van der Waals surface area contributed by atoms with Gasteiger partial charge in [0, 0.05) is 25.6 Å². The molecule has 0 spiro atoms. The summed E-state index contributed by atoms with van der Waals surface area (Å²) >= 11 is 0. The van der Waals surface area contributed by atoms with Gasteiger partial charge in [0.2, 0.25) is 0 Å². The van der Waals surface area contributed by atoms with Crippen LogP contribution >= 0.6 is 0 Å². The average molecular weight is 252 g/mol. The van der Waals surface area contributed by atoms with Crippen LogP contribution in [-0.2, 0) is 0 Å². The number of rotatable bonds is 6. The second-order valence-electron chi connectivity index (χ2n) is 5.09. The number of hydrogen-bond donors (Lipinski definition) is 3. The first kappa shape index (κ1) is 14.7. The maximum Gasteiger partial charge on any atom is 0.135 e. The summed E-state index contributed by atoms with van der Waals surface area (Å²) in [5.41, 5.74) is 0. The van der Waals surface area contributed by atoms with Crippen molar-refractivity contribution in [2.75, 3.05) is 24.2 Å². The first-order chi connectivity index (χ1) is 8.43. The molecule has 0 bridgehead atoms. The van der Waals surface area contributed by atoms with Gasteiger partial charge in [-0.25, -0.2) is 9.97 Å². The van der Waals surface area contributed by atoms with Gasteiger partial charge >= 0.3 is 0 Å². The summed E-state index contributed by atoms with van der Waals surface area (Å²) in [7, 11) is 1.83. The molecule has 1 unspecified atom stereocenters. The predicted octanol–water partition coefficient (Wildman–Crippen LogP) is 2.07. The van der Waals surface area contributed by atoms with Gasteiger partial charge in [0.1, 0.15) is 17.5 Å². The molecule has 0 saturated heterocycles. The summed E-state index contributed by atoms with van der Waals surface area (Å²) in [6.07, 6.45) is -0.375. The zero-order valence-electron chi connectivity index (χ0n) is 11.9. The molecular weight excluding hydrogens is 228 g/mol. The smallest absolute Gasteiger partial charge is 0.135 e. The number of aliphatic hydroxyl groups is 1. The number of aromatic nitrogens is 2. The molecule has 1 rings (SSSR count). The van der Waals surface area contributed by atoms with Crippen molar-refractivity contribution in [3.05, 3.63) is 11.9 Å². The second-order valence-corrected chi connectivity index (χ2v) is 5.09. The van der Waals surface area contributed by atoms with Crippen LogP contribution in [0.25, 0.3) is 0 Å². The standard InChI is InChI=1S/C13H24N4O/c1-8(2)10(18)7-15-12-6-11(14-5)16-13(17-12)9(3)4/h6,8-10,18H,7H2,1-5H3,(H2,14,15,16,17). The van der Waals surface area contributed by atoms with Gasteiger partial charge in [-0.15, -0.1) is 0 Å². The highest BCUT2D eigenvalue weighted by Gasteiger charge is 2.11. The SMILES string of the molecule is CNc1cc(NCC(O)C(C)C)nc(C(C)C)n1. The molecule has 0 radical (unpaired) electrons. The van der Waals surface area contributed by atoms with Crippen molar-refractivity contribution in [3.8, 4) is 0 Å². The first-order valence-corrected chi connectivity index (χ1v) is 6.42. The fourth-order valence-corrected chi connectivity index (χ4v) is 1.39. The van der Waals surface area contributed by atoms with Gasteiger partial charge in [-0.05, 0) is 5.92 Å². The van der Waals surface area contributed by atoms with Crippen molar-refractivity contribution >= 4 is 11.6 Å². The van der Waals surface area contributed by atoms with E-state index in [1.807, 2.05) is 27.0 Å². The van der Waals surface area contributed by atoms with Crippen LogP contribution < -0.4 is 10.6 Å². The van der Waals surface area contributed by atoms with E-state index in [0.29, 0.717) is 6.54 Å². The van der Waals surface area contributed by atoms with Crippen LogP contribution in [-0.4, -0.2) is 34.8 Å². The molecule has 102 valence electrons. The van der Waals surface area contributed by atoms with Gasteiger partial charge in [0.15, 0.2) is 0 Å². The molecule has 1 aromatic rings. The van der Waals surface area contributed by atoms with Crippen LogP contribution in [0.5, 0.6) is 0 Å². The first-order valence-electron chi connectivity index (χ1n) is 6.42. The lowest BCUT2D eigenvalue weighted by Crippen LogP contribution is -2.25. The Bertz CT molecular complexity index is 379. The van der Waals surface area contributed by atoms with Crippen molar-refractivity contribution in [3.63, 3.8) is 0 Å². The molecule has 0 saturated carbocycles. The highest BCUT2D eigenvalue weighted by atomic mass is 16.3. The molecule has 3 N–H and O–H groups in total. The Labute approximate surface area is 109 Å². The van der Waals surface area contributed by atoms with Gasteiger partial charge in [-0.2, -0.15) is 0 Å². The van der Waals surface area contributed by atoms with E-state index >= 15 is 0 Å². The van der Waals surface area contributed by atoms with Gasteiger partial charge < -0.3 is 15.7 Å². The predicted molar refractivity (Wildman–Crippen MR) is 75.0 cm³/mol. The lowest BCUT2D eigenvalue weighted by atomic mass is 10.1. The summed E-state index contributed by atoms with van der Waals surface area (Å²) in [6.45, 7) is 8.59. The minimum atomic E-state index is -0.375. The van der Waals surface area contributed by atoms with Crippen molar-refractivity contribution in [2.24, 2.45) is 5.92 Å². The fraction of sp³-hybridized carbons (Fsp3) is 0.692. The number of nitrogens with one attached hydrogen (secondary N) is 2. The van der Waals surface area contributed by atoms with Crippen molar-refractivity contribution in [2.45, 2.75) is 39.7 Å². The van der Waals surface area contributed by atoms with E-state index in [9.17, 15) is 5.11 Å². The highest BCUT2D eigenvalue weighted by molar-refractivity contribution is 5.47. The van der Waals surface area contributed by atoms with Crippen LogP contribution in [0.15, 0.2) is 6.07 Å². The Kier molecular flexibility index (Phi) is 5.34. The fourth-order valence-electron chi connectivity index (χ4n) is 1.39. The number of nitrogens with zero attached hydrogens (tertiary/aromatic N) is 2. The van der Waals surface area contributed by atoms with E-state index in [0.717, 1.165) is 17.5 Å². The third-order valence-corrected chi connectivity index (χ3v) is 2.78. The van der Waals surface area contributed by atoms with E-state index in [1.165, 1.54) is 0 Å². The summed E-state index contributed by atoms with van der Waals surface area (Å²) in [6, 6.07) is 1.85. The highest BCUT2D eigenvalue weighted by Crippen LogP contribution is 2.16. The topological polar surface area (TPSA) is 70.1 Å². The summed E-state index contributed by atoms with van der Waals surface area (Å²) < 4.78 is 0. The normalized spacial score (nSPS) is 12.9. The molecule has 1 atom stereocenters. The maximum atomic E-state index is 9.77. The molecule has 18 heavy (non-hydrogen) atoms. The zero-order valence-corrected chi connectivity index (χ0v) is 11.9. The van der Waals surface area contributed by atoms with Crippen molar-refractivity contribution in [1.82, 2.24) is 9.97 Å². The average Bonchev–Trinajstić information content (AvgIpc) is 2.35. The van der Waals surface area contributed by atoms with Gasteiger partial charge in [-0.3, -0.25) is 0 Å². The number of aliphatic hydroxyl groups excluding tert-OH is 1. The molecule has 1 heterocycles. The lowest BCUT2D eigenvalue weighted by Gasteiger charge is -2.16. The molecule has 0 aliphatic carbocycles. The van der Waals surface area contributed by atoms with Crippen LogP contribution in [0.3, 0.4) is 0 Å². The van der Waals surface area contributed by atoms with Crippen molar-refractivity contribution in [1.29, 1.82) is 0 Å². The van der Waals surface area contributed by atoms with E-state index in [4.69, 9.17) is 0 Å². The molecule has 0 aliphatic rings. The van der Waals surface area contributed by atoms with Crippen LogP contribution in [0.4, 0.5) is 11.6 Å². The molecular formula is C13H24N4O. The van der Waals surface area contributed by atoms with Gasteiger partial charge in [0.25, 0.3) is 0 Å². The van der Waals surface area contributed by atoms with Gasteiger partial charge in [-0.1, -0.05) is 27.7 Å². The van der Waals surface area contributed by atoms with E-state index in [-0.39, 0.29) is 17.9 Å². The molecule has 5 nitrogen and oxygen atoms in total. The Hall–Kier alpha value is -1.36. The lowest BCUT2D eigenvalue weighted by molar-refractivity contribution is 0.138. The molecule has 5 heteroatoms. The van der Waals surface area contributed by atoms with Crippen LogP contribution in [0.1, 0.15) is 39.4 Å². The molecule has 0 amide bonds. The maximum absolute atomic E-state index is 9.77. The Morgan fingerprint density at radius 2 is 1.78 bits per heavy atom. The van der Waals surface area contributed by atoms with E-state index in [1.54, 1.807) is 0 Å². The Morgan fingerprint density at radius 3 is 2.28 bits per heavy atom. The molecule has 0 aromatic carbocycles. The van der Waals surface area contributed by atoms with Crippen LogP contribution in [0.2, 0.25) is 0 Å². The van der Waals surface area contributed by atoms with Crippen LogP contribution in [0, 0.1) is 5.92 Å². The number of anilines is 2. The third kappa shape index (κ3) is 4.14. The minimum Gasteiger partial charge on any atom is -0.391 e. The molecule has 0 fully saturated rings. The molecule has 1 aromatic heterocycles. The number of hydrogen-bond acceptors (Lipinski definition) is 5.